The molecule has 0 N–H and O–H groups in total. The second-order valence-corrected chi connectivity index (χ2v) is 3.69. The van der Waals surface area contributed by atoms with Gasteiger partial charge in [0.2, 0.25) is 0 Å². The molecule has 90 valence electrons. The van der Waals surface area contributed by atoms with Gasteiger partial charge in [-0.2, -0.15) is 0 Å². The lowest BCUT2D eigenvalue weighted by Crippen LogP contribution is -2.08. The average Bonchev–Trinajstić information content (AvgIpc) is 2.10. The van der Waals surface area contributed by atoms with Gasteiger partial charge in [0.15, 0.2) is 0 Å². The van der Waals surface area contributed by atoms with Crippen molar-refractivity contribution >= 4 is 11.9 Å². The van der Waals surface area contributed by atoms with Crippen LogP contribution in [-0.2, 0) is 19.1 Å². The van der Waals surface area contributed by atoms with Crippen LogP contribution in [0.5, 0.6) is 0 Å². The van der Waals surface area contributed by atoms with E-state index in [0.717, 1.165) is 0 Å². The Balaban J connectivity index is 3.95. The third-order valence-electron chi connectivity index (χ3n) is 1.28. The third kappa shape index (κ3) is 8.99. The SMILES string of the molecule is CC(C)OC(=O)C=CC=CC(=O)OC(C)C. The van der Waals surface area contributed by atoms with Crippen molar-refractivity contribution in [1.29, 1.82) is 0 Å². The van der Waals surface area contributed by atoms with Crippen LogP contribution in [0, 0.1) is 0 Å². The number of allylic oxidation sites excluding steroid dienone is 2. The second-order valence-electron chi connectivity index (χ2n) is 3.69. The number of carbonyl (C=O) groups is 2. The Kier molecular flexibility index (Phi) is 6.92. The molecule has 0 heterocycles. The minimum atomic E-state index is -0.433. The average molecular weight is 226 g/mol. The van der Waals surface area contributed by atoms with Crippen LogP contribution in [0.4, 0.5) is 0 Å². The molecule has 0 atom stereocenters. The Bertz CT molecular complexity index is 257. The molecule has 0 aromatic rings. The lowest BCUT2D eigenvalue weighted by atomic mass is 10.4. The first-order chi connectivity index (χ1) is 7.41. The van der Waals surface area contributed by atoms with Gasteiger partial charge in [-0.05, 0) is 27.7 Å². The number of carbonyl (C=O) groups excluding carboxylic acids is 2. The summed E-state index contributed by atoms with van der Waals surface area (Å²) in [5, 5.41) is 0. The van der Waals surface area contributed by atoms with E-state index in [1.807, 2.05) is 0 Å². The summed E-state index contributed by atoms with van der Waals surface area (Å²) in [5.41, 5.74) is 0. The summed E-state index contributed by atoms with van der Waals surface area (Å²) in [6.07, 6.45) is 5.08. The highest BCUT2D eigenvalue weighted by Crippen LogP contribution is 1.92. The van der Waals surface area contributed by atoms with Gasteiger partial charge in [0.25, 0.3) is 0 Å². The van der Waals surface area contributed by atoms with E-state index in [9.17, 15) is 9.59 Å². The maximum Gasteiger partial charge on any atom is 0.330 e. The third-order valence-corrected chi connectivity index (χ3v) is 1.28. The molecular formula is C12H18O4. The fraction of sp³-hybridized carbons (Fsp3) is 0.500. The van der Waals surface area contributed by atoms with E-state index in [1.54, 1.807) is 27.7 Å². The smallest absolute Gasteiger partial charge is 0.330 e. The maximum atomic E-state index is 11.0. The van der Waals surface area contributed by atoms with Crippen LogP contribution in [-0.4, -0.2) is 24.1 Å². The van der Waals surface area contributed by atoms with Gasteiger partial charge in [-0.25, -0.2) is 9.59 Å². The lowest BCUT2D eigenvalue weighted by molar-refractivity contribution is -0.142. The fourth-order valence-electron chi connectivity index (χ4n) is 0.811. The van der Waals surface area contributed by atoms with Crippen molar-refractivity contribution in [2.75, 3.05) is 0 Å². The van der Waals surface area contributed by atoms with E-state index in [4.69, 9.17) is 9.47 Å². The van der Waals surface area contributed by atoms with Gasteiger partial charge in [-0.1, -0.05) is 12.2 Å². The first kappa shape index (κ1) is 14.4. The highest BCUT2D eigenvalue weighted by Gasteiger charge is 2.00. The van der Waals surface area contributed by atoms with Crippen molar-refractivity contribution in [3.05, 3.63) is 24.3 Å². The molecular weight excluding hydrogens is 208 g/mol. The fourth-order valence-corrected chi connectivity index (χ4v) is 0.811. The Morgan fingerprint density at radius 2 is 1.12 bits per heavy atom. The lowest BCUT2D eigenvalue weighted by Gasteiger charge is -2.03. The van der Waals surface area contributed by atoms with Crippen LogP contribution in [0.15, 0.2) is 24.3 Å². The summed E-state index contributed by atoms with van der Waals surface area (Å²) >= 11 is 0. The zero-order valence-corrected chi connectivity index (χ0v) is 10.1. The van der Waals surface area contributed by atoms with Crippen LogP contribution < -0.4 is 0 Å². The highest BCUT2D eigenvalue weighted by atomic mass is 16.5. The minimum Gasteiger partial charge on any atom is -0.460 e. The predicted molar refractivity (Wildman–Crippen MR) is 60.7 cm³/mol. The van der Waals surface area contributed by atoms with E-state index in [0.29, 0.717) is 0 Å². The normalized spacial score (nSPS) is 11.6. The zero-order valence-electron chi connectivity index (χ0n) is 10.1. The van der Waals surface area contributed by atoms with Gasteiger partial charge in [-0.15, -0.1) is 0 Å². The number of hydrogen-bond acceptors (Lipinski definition) is 4. The van der Waals surface area contributed by atoms with Crippen LogP contribution in [0.25, 0.3) is 0 Å². The van der Waals surface area contributed by atoms with Crippen LogP contribution in [0.2, 0.25) is 0 Å². The summed E-state index contributed by atoms with van der Waals surface area (Å²) in [5.74, 6) is -0.867. The number of ether oxygens (including phenoxy) is 2. The van der Waals surface area contributed by atoms with Crippen molar-refractivity contribution in [3.8, 4) is 0 Å². The van der Waals surface area contributed by atoms with Gasteiger partial charge in [0, 0.05) is 12.2 Å². The maximum absolute atomic E-state index is 11.0. The molecule has 0 aliphatic carbocycles. The minimum absolute atomic E-state index is 0.146. The summed E-state index contributed by atoms with van der Waals surface area (Å²) in [7, 11) is 0. The van der Waals surface area contributed by atoms with Crippen LogP contribution in [0.3, 0.4) is 0 Å². The van der Waals surface area contributed by atoms with Gasteiger partial charge in [0.05, 0.1) is 12.2 Å². The molecule has 0 bridgehead atoms. The largest absolute Gasteiger partial charge is 0.460 e. The molecule has 4 heteroatoms. The number of hydrogen-bond donors (Lipinski definition) is 0. The number of rotatable bonds is 5. The Labute approximate surface area is 95.9 Å². The zero-order chi connectivity index (χ0) is 12.6. The van der Waals surface area contributed by atoms with Crippen LogP contribution >= 0.6 is 0 Å². The van der Waals surface area contributed by atoms with Crippen molar-refractivity contribution < 1.29 is 19.1 Å². The topological polar surface area (TPSA) is 52.6 Å². The first-order valence-electron chi connectivity index (χ1n) is 5.17. The van der Waals surface area contributed by atoms with Crippen molar-refractivity contribution in [2.24, 2.45) is 0 Å². The summed E-state index contributed by atoms with van der Waals surface area (Å²) < 4.78 is 9.69. The van der Waals surface area contributed by atoms with Gasteiger partial charge in [0.1, 0.15) is 0 Å². The molecule has 0 unspecified atom stereocenters. The first-order valence-corrected chi connectivity index (χ1v) is 5.17. The Morgan fingerprint density at radius 3 is 1.38 bits per heavy atom. The molecule has 0 saturated carbocycles. The van der Waals surface area contributed by atoms with Crippen molar-refractivity contribution in [2.45, 2.75) is 39.9 Å². The number of esters is 2. The van der Waals surface area contributed by atoms with Gasteiger partial charge in [-0.3, -0.25) is 0 Å². The van der Waals surface area contributed by atoms with E-state index >= 15 is 0 Å². The molecule has 0 fully saturated rings. The summed E-state index contributed by atoms with van der Waals surface area (Å²) in [6, 6.07) is 0. The molecule has 0 aliphatic rings. The standard InChI is InChI=1S/C12H18O4/c1-9(2)15-11(13)7-5-6-8-12(14)16-10(3)4/h5-10H,1-4H3. The van der Waals surface area contributed by atoms with E-state index in [2.05, 4.69) is 0 Å². The van der Waals surface area contributed by atoms with Crippen molar-refractivity contribution in [1.82, 2.24) is 0 Å². The monoisotopic (exact) mass is 226 g/mol. The summed E-state index contributed by atoms with van der Waals surface area (Å²) in [6.45, 7) is 7.06. The molecule has 0 rings (SSSR count). The molecule has 0 radical (unpaired) electrons. The van der Waals surface area contributed by atoms with Gasteiger partial charge >= 0.3 is 11.9 Å². The molecule has 16 heavy (non-hydrogen) atoms. The van der Waals surface area contributed by atoms with Crippen molar-refractivity contribution in [3.63, 3.8) is 0 Å². The molecule has 0 aromatic carbocycles. The van der Waals surface area contributed by atoms with E-state index in [-0.39, 0.29) is 12.2 Å². The van der Waals surface area contributed by atoms with E-state index in [1.165, 1.54) is 24.3 Å². The molecule has 0 aliphatic heterocycles. The van der Waals surface area contributed by atoms with Gasteiger partial charge < -0.3 is 9.47 Å². The second kappa shape index (κ2) is 7.68. The predicted octanol–water partition coefficient (Wildman–Crippen LogP) is 2.00. The molecule has 0 saturated heterocycles. The molecule has 0 aromatic heterocycles. The molecule has 0 spiro atoms. The Hall–Kier alpha value is -1.58. The quantitative estimate of drug-likeness (QED) is 0.409. The molecule has 4 nitrogen and oxygen atoms in total. The highest BCUT2D eigenvalue weighted by molar-refractivity contribution is 5.84. The summed E-state index contributed by atoms with van der Waals surface area (Å²) in [4.78, 5) is 22.0. The Morgan fingerprint density at radius 1 is 0.812 bits per heavy atom. The molecule has 0 amide bonds. The van der Waals surface area contributed by atoms with E-state index < -0.39 is 11.9 Å². The van der Waals surface area contributed by atoms with Crippen LogP contribution in [0.1, 0.15) is 27.7 Å².